The molecular weight excluding hydrogens is 296 g/mol. The molecule has 1 aliphatic carbocycles. The Balaban J connectivity index is 2.48. The molecule has 23 heavy (non-hydrogen) atoms. The average Bonchev–Trinajstić information content (AvgIpc) is 2.79. The van der Waals surface area contributed by atoms with E-state index < -0.39 is 0 Å². The van der Waals surface area contributed by atoms with Crippen molar-refractivity contribution in [2.75, 3.05) is 6.26 Å². The first-order valence-electron chi connectivity index (χ1n) is 10.0. The van der Waals surface area contributed by atoms with E-state index in [1.54, 1.807) is 0 Å². The summed E-state index contributed by atoms with van der Waals surface area (Å²) in [6, 6.07) is 0. The van der Waals surface area contributed by atoms with Gasteiger partial charge in [-0.1, -0.05) is 60.8 Å². The molecule has 0 N–H and O–H groups in total. The second-order valence-electron chi connectivity index (χ2n) is 8.47. The second kappa shape index (κ2) is 10.0. The molecule has 0 aromatic carbocycles. The van der Waals surface area contributed by atoms with E-state index in [9.17, 15) is 0 Å². The summed E-state index contributed by atoms with van der Waals surface area (Å²) >= 11 is 0. The van der Waals surface area contributed by atoms with Crippen molar-refractivity contribution in [3.8, 4) is 11.8 Å². The highest BCUT2D eigenvalue weighted by molar-refractivity contribution is 8.17. The van der Waals surface area contributed by atoms with Crippen LogP contribution in [0, 0.1) is 29.1 Å². The molecule has 6 atom stereocenters. The van der Waals surface area contributed by atoms with Crippen LogP contribution in [0.15, 0.2) is 0 Å². The lowest BCUT2D eigenvalue weighted by atomic mass is 9.77. The van der Waals surface area contributed by atoms with Gasteiger partial charge in [0.1, 0.15) is 0 Å². The predicted molar refractivity (Wildman–Crippen MR) is 111 cm³/mol. The first kappa shape index (κ1) is 21.0. The molecule has 0 radical (unpaired) electrons. The highest BCUT2D eigenvalue weighted by Crippen LogP contribution is 2.55. The van der Waals surface area contributed by atoms with Crippen molar-refractivity contribution in [3.63, 3.8) is 0 Å². The van der Waals surface area contributed by atoms with Crippen LogP contribution in [0.2, 0.25) is 0 Å². The predicted octanol–water partition coefficient (Wildman–Crippen LogP) is 6.83. The van der Waals surface area contributed by atoms with Gasteiger partial charge in [-0.25, -0.2) is 10.9 Å². The van der Waals surface area contributed by atoms with Gasteiger partial charge in [-0.2, -0.15) is 0 Å². The van der Waals surface area contributed by atoms with E-state index in [0.29, 0.717) is 5.41 Å². The van der Waals surface area contributed by atoms with E-state index in [1.165, 1.54) is 38.5 Å². The van der Waals surface area contributed by atoms with Crippen molar-refractivity contribution in [2.45, 2.75) is 103 Å². The zero-order chi connectivity index (χ0) is 17.5. The van der Waals surface area contributed by atoms with Gasteiger partial charge in [0.2, 0.25) is 0 Å². The first-order chi connectivity index (χ1) is 10.9. The van der Waals surface area contributed by atoms with Crippen molar-refractivity contribution in [2.24, 2.45) is 17.3 Å². The van der Waals surface area contributed by atoms with Crippen LogP contribution in [0.3, 0.4) is 0 Å². The minimum absolute atomic E-state index is 0.107. The normalized spacial score (nSPS) is 32.0. The Hall–Kier alpha value is -0.0900. The molecule has 1 aliphatic rings. The maximum Gasteiger partial charge on any atom is 0.0189 e. The molecule has 0 heterocycles. The van der Waals surface area contributed by atoms with E-state index >= 15 is 0 Å². The molecule has 0 bridgehead atoms. The fourth-order valence-electron chi connectivity index (χ4n) is 4.43. The van der Waals surface area contributed by atoms with Crippen LogP contribution in [0.5, 0.6) is 0 Å². The lowest BCUT2D eigenvalue weighted by Crippen LogP contribution is -2.27. The van der Waals surface area contributed by atoms with E-state index in [0.717, 1.165) is 35.2 Å². The smallest absolute Gasteiger partial charge is 0.0189 e. The molecule has 0 amide bonds. The Morgan fingerprint density at radius 2 is 1.78 bits per heavy atom. The molecular formula is C22H42S. The van der Waals surface area contributed by atoms with Gasteiger partial charge in [0, 0.05) is 12.8 Å². The van der Waals surface area contributed by atoms with Gasteiger partial charge in [-0.05, 0) is 53.3 Å². The van der Waals surface area contributed by atoms with E-state index in [-0.39, 0.29) is 10.9 Å². The Labute approximate surface area is 149 Å². The fraction of sp³-hybridized carbons (Fsp3) is 0.909. The third kappa shape index (κ3) is 6.04. The maximum absolute atomic E-state index is 3.51. The topological polar surface area (TPSA) is 0 Å². The summed E-state index contributed by atoms with van der Waals surface area (Å²) < 4.78 is 0. The zero-order valence-electron chi connectivity index (χ0n) is 16.9. The average molecular weight is 339 g/mol. The minimum atomic E-state index is 0.107. The van der Waals surface area contributed by atoms with Crippen LogP contribution in [0.4, 0.5) is 0 Å². The van der Waals surface area contributed by atoms with Crippen molar-refractivity contribution in [3.05, 3.63) is 0 Å². The van der Waals surface area contributed by atoms with Crippen molar-refractivity contribution < 1.29 is 0 Å². The molecule has 1 heteroatoms. The quantitative estimate of drug-likeness (QED) is 0.364. The van der Waals surface area contributed by atoms with Gasteiger partial charge < -0.3 is 0 Å². The third-order valence-corrected chi connectivity index (χ3v) is 9.81. The SMILES string of the molecule is CCC[C@@H](C)CC#CC[C@@H](C)[SH](C)[C@@H]1CC[C@](C)(CCC)C1C. The molecule has 0 spiro atoms. The van der Waals surface area contributed by atoms with Crippen LogP contribution in [-0.4, -0.2) is 16.8 Å². The number of rotatable bonds is 8. The Morgan fingerprint density at radius 3 is 2.39 bits per heavy atom. The summed E-state index contributed by atoms with van der Waals surface area (Å²) in [5.74, 6) is 8.64. The van der Waals surface area contributed by atoms with Crippen LogP contribution in [0.25, 0.3) is 0 Å². The van der Waals surface area contributed by atoms with Crippen molar-refractivity contribution in [1.29, 1.82) is 0 Å². The monoisotopic (exact) mass is 338 g/mol. The highest BCUT2D eigenvalue weighted by Gasteiger charge is 2.43. The summed E-state index contributed by atoms with van der Waals surface area (Å²) in [6.45, 7) is 14.5. The molecule has 0 aromatic rings. The van der Waals surface area contributed by atoms with Crippen molar-refractivity contribution >= 4 is 10.9 Å². The van der Waals surface area contributed by atoms with Gasteiger partial charge in [0.05, 0.1) is 0 Å². The van der Waals surface area contributed by atoms with Crippen LogP contribution >= 0.6 is 10.9 Å². The summed E-state index contributed by atoms with van der Waals surface area (Å²) in [7, 11) is 0.107. The van der Waals surface area contributed by atoms with Crippen LogP contribution in [0.1, 0.15) is 92.9 Å². The molecule has 136 valence electrons. The summed E-state index contributed by atoms with van der Waals surface area (Å²) in [6.07, 6.45) is 13.0. The first-order valence-corrected chi connectivity index (χ1v) is 12.0. The van der Waals surface area contributed by atoms with Gasteiger partial charge in [0.15, 0.2) is 0 Å². The molecule has 2 unspecified atom stereocenters. The second-order valence-corrected chi connectivity index (χ2v) is 11.3. The van der Waals surface area contributed by atoms with Crippen LogP contribution < -0.4 is 0 Å². The van der Waals surface area contributed by atoms with E-state index in [4.69, 9.17) is 0 Å². The lowest BCUT2D eigenvalue weighted by molar-refractivity contribution is 0.225. The number of hydrogen-bond acceptors (Lipinski definition) is 0. The van der Waals surface area contributed by atoms with E-state index in [2.05, 4.69) is 59.6 Å². The van der Waals surface area contributed by atoms with Gasteiger partial charge >= 0.3 is 0 Å². The summed E-state index contributed by atoms with van der Waals surface area (Å²) in [5.41, 5.74) is 0.608. The highest BCUT2D eigenvalue weighted by atomic mass is 32.2. The summed E-state index contributed by atoms with van der Waals surface area (Å²) in [4.78, 5) is 0. The molecule has 1 saturated carbocycles. The van der Waals surface area contributed by atoms with Crippen molar-refractivity contribution in [1.82, 2.24) is 0 Å². The number of thiol groups is 1. The van der Waals surface area contributed by atoms with Gasteiger partial charge in [-0.3, -0.25) is 0 Å². The molecule has 1 rings (SSSR count). The standard InChI is InChI=1S/C22H42S/c1-8-12-18(3)13-10-11-14-19(4)23(7)21-15-17-22(6,16-9-2)20(21)5/h18-21,23H,8-9,12-17H2,1-7H3/t18-,19-,20?,21-,22+/m1/s1. The molecule has 0 aromatic heterocycles. The van der Waals surface area contributed by atoms with E-state index in [1.807, 2.05) is 0 Å². The maximum atomic E-state index is 3.51. The zero-order valence-corrected chi connectivity index (χ0v) is 17.8. The third-order valence-electron chi connectivity index (χ3n) is 6.48. The van der Waals surface area contributed by atoms with Gasteiger partial charge in [0.25, 0.3) is 0 Å². The molecule has 0 saturated heterocycles. The Morgan fingerprint density at radius 1 is 1.13 bits per heavy atom. The lowest BCUT2D eigenvalue weighted by Gasteiger charge is -2.37. The number of hydrogen-bond donors (Lipinski definition) is 1. The Kier molecular flexibility index (Phi) is 9.13. The molecule has 0 aliphatic heterocycles. The summed E-state index contributed by atoms with van der Waals surface area (Å²) in [5, 5.41) is 1.77. The fourth-order valence-corrected chi connectivity index (χ4v) is 7.07. The molecule has 1 fully saturated rings. The largest absolute Gasteiger partial charge is 0.250 e. The molecule has 0 nitrogen and oxygen atoms in total. The van der Waals surface area contributed by atoms with Gasteiger partial charge in [-0.15, -0.1) is 11.8 Å². The van der Waals surface area contributed by atoms with Crippen LogP contribution in [-0.2, 0) is 0 Å². The Bertz CT molecular complexity index is 391. The minimum Gasteiger partial charge on any atom is -0.250 e.